The van der Waals surface area contributed by atoms with Gasteiger partial charge in [-0.25, -0.2) is 9.97 Å². The molecule has 10 heteroatoms. The summed E-state index contributed by atoms with van der Waals surface area (Å²) in [7, 11) is 0. The molecule has 0 aliphatic carbocycles. The average molecular weight is 472 g/mol. The highest BCUT2D eigenvalue weighted by atomic mass is 19.4. The number of nitrogens with zero attached hydrogens (tertiary/aromatic N) is 5. The van der Waals surface area contributed by atoms with Gasteiger partial charge in [0, 0.05) is 43.8 Å². The van der Waals surface area contributed by atoms with Crippen molar-refractivity contribution in [1.29, 1.82) is 0 Å². The molecule has 5 rings (SSSR count). The number of hydrogen-bond acceptors (Lipinski definition) is 7. The number of fused-ring (bicyclic) bond motifs is 1. The van der Waals surface area contributed by atoms with E-state index in [4.69, 9.17) is 15.7 Å². The van der Waals surface area contributed by atoms with Crippen LogP contribution in [0.4, 0.5) is 36.4 Å². The number of nitrogen functional groups attached to an aromatic ring is 1. The molecule has 0 amide bonds. The van der Waals surface area contributed by atoms with E-state index < -0.39 is 11.7 Å². The molecule has 2 aliphatic heterocycles. The highest BCUT2D eigenvalue weighted by Crippen LogP contribution is 2.32. The molecule has 4 heterocycles. The summed E-state index contributed by atoms with van der Waals surface area (Å²) < 4.78 is 39.5. The smallest absolute Gasteiger partial charge is 0.399 e. The van der Waals surface area contributed by atoms with Crippen molar-refractivity contribution in [2.45, 2.75) is 38.3 Å². The molecule has 1 aromatic carbocycles. The number of pyridine rings is 1. The van der Waals surface area contributed by atoms with Crippen LogP contribution in [-0.4, -0.2) is 47.7 Å². The second-order valence-corrected chi connectivity index (χ2v) is 8.96. The van der Waals surface area contributed by atoms with Crippen LogP contribution in [0.15, 0.2) is 30.5 Å². The van der Waals surface area contributed by atoms with Crippen LogP contribution < -0.4 is 20.9 Å². The van der Waals surface area contributed by atoms with Gasteiger partial charge in [-0.2, -0.15) is 18.2 Å². The maximum absolute atomic E-state index is 13.2. The fourth-order valence-corrected chi connectivity index (χ4v) is 4.67. The summed E-state index contributed by atoms with van der Waals surface area (Å²) >= 11 is 0. The number of nitrogens with two attached hydrogens (primary N) is 1. The molecule has 34 heavy (non-hydrogen) atoms. The third kappa shape index (κ3) is 4.80. The van der Waals surface area contributed by atoms with Gasteiger partial charge in [-0.15, -0.1) is 0 Å². The van der Waals surface area contributed by atoms with Crippen LogP contribution in [0.1, 0.15) is 36.8 Å². The van der Waals surface area contributed by atoms with Crippen molar-refractivity contribution in [1.82, 2.24) is 15.0 Å². The molecule has 3 N–H and O–H groups in total. The lowest BCUT2D eigenvalue weighted by atomic mass is 10.1. The molecule has 2 saturated heterocycles. The number of aromatic nitrogens is 3. The van der Waals surface area contributed by atoms with E-state index in [0.717, 1.165) is 80.7 Å². The molecule has 2 aromatic heterocycles. The Morgan fingerprint density at radius 3 is 2.32 bits per heavy atom. The van der Waals surface area contributed by atoms with E-state index >= 15 is 0 Å². The maximum atomic E-state index is 13.2. The predicted molar refractivity (Wildman–Crippen MR) is 128 cm³/mol. The largest absolute Gasteiger partial charge is 0.416 e. The van der Waals surface area contributed by atoms with Crippen molar-refractivity contribution in [2.75, 3.05) is 53.6 Å². The first kappa shape index (κ1) is 22.5. The van der Waals surface area contributed by atoms with Gasteiger partial charge in [-0.3, -0.25) is 0 Å². The summed E-state index contributed by atoms with van der Waals surface area (Å²) in [6.45, 7) is 4.19. The van der Waals surface area contributed by atoms with Crippen molar-refractivity contribution in [2.24, 2.45) is 0 Å². The third-order valence-electron chi connectivity index (χ3n) is 6.42. The van der Waals surface area contributed by atoms with E-state index in [2.05, 4.69) is 20.1 Å². The van der Waals surface area contributed by atoms with E-state index in [9.17, 15) is 13.2 Å². The molecule has 0 unspecified atom stereocenters. The van der Waals surface area contributed by atoms with E-state index in [0.29, 0.717) is 30.3 Å². The number of hydrogen-bond donors (Lipinski definition) is 2. The number of alkyl halides is 3. The third-order valence-corrected chi connectivity index (χ3v) is 6.42. The van der Waals surface area contributed by atoms with E-state index in [1.54, 1.807) is 12.3 Å². The Kier molecular flexibility index (Phi) is 6.05. The summed E-state index contributed by atoms with van der Waals surface area (Å²) in [5.74, 6) is 2.23. The Labute approximate surface area is 196 Å². The number of rotatable bonds is 6. The van der Waals surface area contributed by atoms with Crippen LogP contribution >= 0.6 is 0 Å². The Balaban J connectivity index is 1.42. The molecule has 180 valence electrons. The molecule has 2 aliphatic rings. The minimum atomic E-state index is -4.43. The Hall–Kier alpha value is -3.30. The first-order valence-electron chi connectivity index (χ1n) is 11.7. The van der Waals surface area contributed by atoms with Crippen LogP contribution in [-0.2, 0) is 12.6 Å². The zero-order valence-corrected chi connectivity index (χ0v) is 18.9. The molecular formula is C24H28F3N7. The topological polar surface area (TPSA) is 83.2 Å². The van der Waals surface area contributed by atoms with Gasteiger partial charge in [0.1, 0.15) is 11.6 Å². The van der Waals surface area contributed by atoms with Crippen LogP contribution in [0.25, 0.3) is 10.9 Å². The molecule has 0 atom stereocenters. The molecule has 2 fully saturated rings. The zero-order chi connectivity index (χ0) is 23.7. The molecule has 0 spiro atoms. The minimum absolute atomic E-state index is 0.106. The standard InChI is InChI=1S/C24H28F3N7/c25-24(26,27)17-11-16(12-18(28)13-17)5-6-29-22-19-14-21(33-7-1-2-8-33)30-15-20(19)31-23(32-22)34-9-3-4-10-34/h11-15H,1-10,28H2,(H,29,31,32). The second kappa shape index (κ2) is 9.15. The minimum Gasteiger partial charge on any atom is -0.399 e. The lowest BCUT2D eigenvalue weighted by Gasteiger charge is -2.20. The summed E-state index contributed by atoms with van der Waals surface area (Å²) in [4.78, 5) is 18.6. The summed E-state index contributed by atoms with van der Waals surface area (Å²) in [6.07, 6.45) is 2.25. The predicted octanol–water partition coefficient (Wildman–Crippen LogP) is 4.48. The quantitative estimate of drug-likeness (QED) is 0.513. The van der Waals surface area contributed by atoms with Gasteiger partial charge in [-0.1, -0.05) is 0 Å². The average Bonchev–Trinajstić information content (AvgIpc) is 3.52. The molecule has 7 nitrogen and oxygen atoms in total. The van der Waals surface area contributed by atoms with Gasteiger partial charge < -0.3 is 20.9 Å². The van der Waals surface area contributed by atoms with Crippen LogP contribution in [0.3, 0.4) is 0 Å². The Morgan fingerprint density at radius 2 is 1.62 bits per heavy atom. The Morgan fingerprint density at radius 1 is 0.912 bits per heavy atom. The van der Waals surface area contributed by atoms with Gasteiger partial charge in [0.25, 0.3) is 0 Å². The van der Waals surface area contributed by atoms with Crippen molar-refractivity contribution in [3.63, 3.8) is 0 Å². The molecule has 0 radical (unpaired) electrons. The first-order chi connectivity index (χ1) is 16.4. The monoisotopic (exact) mass is 471 g/mol. The van der Waals surface area contributed by atoms with Crippen molar-refractivity contribution < 1.29 is 13.2 Å². The van der Waals surface area contributed by atoms with Gasteiger partial charge in [0.15, 0.2) is 0 Å². The Bertz CT molecular complexity index is 1170. The zero-order valence-electron chi connectivity index (χ0n) is 18.9. The normalized spacial score (nSPS) is 16.6. The number of anilines is 4. The van der Waals surface area contributed by atoms with Gasteiger partial charge in [0.05, 0.1) is 17.3 Å². The molecular weight excluding hydrogens is 443 g/mol. The number of benzene rings is 1. The lowest BCUT2D eigenvalue weighted by Crippen LogP contribution is -2.22. The number of nitrogens with one attached hydrogen (secondary N) is 1. The molecule has 0 bridgehead atoms. The van der Waals surface area contributed by atoms with E-state index in [-0.39, 0.29) is 5.69 Å². The van der Waals surface area contributed by atoms with Crippen molar-refractivity contribution in [3.05, 3.63) is 41.6 Å². The van der Waals surface area contributed by atoms with Crippen LogP contribution in [0.5, 0.6) is 0 Å². The van der Waals surface area contributed by atoms with Gasteiger partial charge in [-0.05, 0) is 61.9 Å². The van der Waals surface area contributed by atoms with Crippen LogP contribution in [0, 0.1) is 0 Å². The SMILES string of the molecule is Nc1cc(CCNc2nc(N3CCCC3)nc3cnc(N4CCCC4)cc23)cc(C(F)(F)F)c1. The van der Waals surface area contributed by atoms with Gasteiger partial charge >= 0.3 is 6.18 Å². The van der Waals surface area contributed by atoms with Crippen molar-refractivity contribution >= 4 is 34.2 Å². The van der Waals surface area contributed by atoms with E-state index in [1.807, 2.05) is 6.07 Å². The molecule has 3 aromatic rings. The highest BCUT2D eigenvalue weighted by molar-refractivity contribution is 5.91. The first-order valence-corrected chi connectivity index (χ1v) is 11.7. The van der Waals surface area contributed by atoms with Crippen molar-refractivity contribution in [3.8, 4) is 0 Å². The van der Waals surface area contributed by atoms with Crippen LogP contribution in [0.2, 0.25) is 0 Å². The highest BCUT2D eigenvalue weighted by Gasteiger charge is 2.31. The summed E-state index contributed by atoms with van der Waals surface area (Å²) in [5.41, 5.74) is 6.38. The van der Waals surface area contributed by atoms with E-state index in [1.165, 1.54) is 0 Å². The second-order valence-electron chi connectivity index (χ2n) is 8.96. The fraction of sp³-hybridized carbons (Fsp3) is 0.458. The maximum Gasteiger partial charge on any atom is 0.416 e. The summed E-state index contributed by atoms with van der Waals surface area (Å²) in [5, 5.41) is 4.21. The van der Waals surface area contributed by atoms with Gasteiger partial charge in [0.2, 0.25) is 5.95 Å². The fourth-order valence-electron chi connectivity index (χ4n) is 4.67. The number of halogens is 3. The summed E-state index contributed by atoms with van der Waals surface area (Å²) in [6, 6.07) is 5.71. The molecule has 0 saturated carbocycles. The lowest BCUT2D eigenvalue weighted by molar-refractivity contribution is -0.137.